The molecule has 0 bridgehead atoms. The summed E-state index contributed by atoms with van der Waals surface area (Å²) in [5.74, 6) is 0. The van der Waals surface area contributed by atoms with E-state index in [0.29, 0.717) is 5.71 Å². The predicted molar refractivity (Wildman–Crippen MR) is 81.4 cm³/mol. The Labute approximate surface area is 127 Å². The maximum Gasteiger partial charge on any atom is 0.400 e. The zero-order valence-corrected chi connectivity index (χ0v) is 12.2. The van der Waals surface area contributed by atoms with Gasteiger partial charge in [0.2, 0.25) is 0 Å². The molecule has 1 aliphatic rings. The lowest BCUT2D eigenvalue weighted by Gasteiger charge is -2.31. The van der Waals surface area contributed by atoms with Crippen molar-refractivity contribution in [2.45, 2.75) is 24.9 Å². The molecule has 0 N–H and O–H groups in total. The number of rotatable bonds is 2. The van der Waals surface area contributed by atoms with Crippen LogP contribution in [0, 0.1) is 6.92 Å². The molecular weight excluding hydrogens is 287 g/mol. The fraction of sp³-hybridized carbons (Fsp3) is 0.278. The Kier molecular flexibility index (Phi) is 3.55. The van der Waals surface area contributed by atoms with Gasteiger partial charge in [0.1, 0.15) is 5.41 Å². The number of nitrogens with zero attached hydrogens (tertiary/aromatic N) is 1. The molecule has 0 aliphatic carbocycles. The van der Waals surface area contributed by atoms with Gasteiger partial charge in [0.05, 0.1) is 6.54 Å². The van der Waals surface area contributed by atoms with E-state index in [1.54, 1.807) is 30.3 Å². The van der Waals surface area contributed by atoms with Crippen LogP contribution >= 0.6 is 0 Å². The van der Waals surface area contributed by atoms with E-state index < -0.39 is 11.6 Å². The van der Waals surface area contributed by atoms with Crippen LogP contribution in [0.2, 0.25) is 0 Å². The van der Waals surface area contributed by atoms with E-state index in [9.17, 15) is 13.2 Å². The van der Waals surface area contributed by atoms with Gasteiger partial charge in [0, 0.05) is 12.1 Å². The van der Waals surface area contributed by atoms with E-state index in [2.05, 4.69) is 4.99 Å². The summed E-state index contributed by atoms with van der Waals surface area (Å²) in [5.41, 5.74) is 0.753. The molecule has 114 valence electrons. The first kappa shape index (κ1) is 14.8. The van der Waals surface area contributed by atoms with Crippen molar-refractivity contribution in [1.82, 2.24) is 0 Å². The molecular formula is C18H16F3N. The molecule has 1 atom stereocenters. The van der Waals surface area contributed by atoms with Crippen LogP contribution < -0.4 is 0 Å². The first-order chi connectivity index (χ1) is 10.4. The van der Waals surface area contributed by atoms with E-state index >= 15 is 0 Å². The number of aryl methyl sites for hydroxylation is 1. The molecule has 2 aromatic carbocycles. The smallest absolute Gasteiger partial charge is 0.288 e. The van der Waals surface area contributed by atoms with Gasteiger partial charge in [-0.05, 0) is 18.1 Å². The van der Waals surface area contributed by atoms with Crippen molar-refractivity contribution in [2.75, 3.05) is 6.54 Å². The Morgan fingerprint density at radius 2 is 1.59 bits per heavy atom. The third-order valence-electron chi connectivity index (χ3n) is 4.26. The topological polar surface area (TPSA) is 12.4 Å². The molecule has 0 fully saturated rings. The zero-order chi connectivity index (χ0) is 15.8. The Hall–Kier alpha value is -2.10. The number of benzene rings is 2. The molecule has 1 aliphatic heterocycles. The highest BCUT2D eigenvalue weighted by molar-refractivity contribution is 6.02. The van der Waals surface area contributed by atoms with Crippen LogP contribution in [-0.2, 0) is 5.41 Å². The minimum Gasteiger partial charge on any atom is -0.288 e. The lowest BCUT2D eigenvalue weighted by Crippen LogP contribution is -2.43. The maximum absolute atomic E-state index is 13.8. The molecule has 0 radical (unpaired) electrons. The molecule has 0 spiro atoms. The van der Waals surface area contributed by atoms with Gasteiger partial charge in [-0.3, -0.25) is 4.99 Å². The fourth-order valence-corrected chi connectivity index (χ4v) is 2.87. The largest absolute Gasteiger partial charge is 0.400 e. The maximum atomic E-state index is 13.8. The molecule has 1 heterocycles. The van der Waals surface area contributed by atoms with Crippen molar-refractivity contribution in [3.05, 3.63) is 71.3 Å². The third kappa shape index (κ3) is 2.43. The number of alkyl halides is 3. The van der Waals surface area contributed by atoms with Gasteiger partial charge in [-0.2, -0.15) is 13.2 Å². The molecule has 0 amide bonds. The molecule has 4 heteroatoms. The van der Waals surface area contributed by atoms with Crippen LogP contribution in [0.3, 0.4) is 0 Å². The second-order valence-electron chi connectivity index (χ2n) is 5.75. The molecule has 1 unspecified atom stereocenters. The van der Waals surface area contributed by atoms with Gasteiger partial charge in [-0.1, -0.05) is 60.2 Å². The summed E-state index contributed by atoms with van der Waals surface area (Å²) in [4.78, 5) is 4.23. The van der Waals surface area contributed by atoms with Crippen molar-refractivity contribution in [3.63, 3.8) is 0 Å². The minimum atomic E-state index is -4.33. The van der Waals surface area contributed by atoms with Crippen molar-refractivity contribution >= 4 is 5.71 Å². The van der Waals surface area contributed by atoms with Crippen LogP contribution in [0.1, 0.15) is 23.1 Å². The molecule has 0 aromatic heterocycles. The summed E-state index contributed by atoms with van der Waals surface area (Å²) >= 11 is 0. The lowest BCUT2D eigenvalue weighted by atomic mass is 9.76. The normalized spacial score (nSPS) is 21.7. The first-order valence-electron chi connectivity index (χ1n) is 7.15. The number of hydrogen-bond acceptors (Lipinski definition) is 1. The van der Waals surface area contributed by atoms with Gasteiger partial charge in [-0.25, -0.2) is 0 Å². The third-order valence-corrected chi connectivity index (χ3v) is 4.26. The lowest BCUT2D eigenvalue weighted by molar-refractivity contribution is -0.183. The van der Waals surface area contributed by atoms with Crippen molar-refractivity contribution < 1.29 is 13.2 Å². The van der Waals surface area contributed by atoms with Crippen LogP contribution in [-0.4, -0.2) is 18.4 Å². The van der Waals surface area contributed by atoms with Crippen molar-refractivity contribution in [2.24, 2.45) is 4.99 Å². The standard InChI is InChI=1S/C18H16F3N/c1-13-7-9-14(10-8-13)16-11-17(12-22-16,18(19,20)21)15-5-3-2-4-6-15/h2-10H,11-12H2,1H3. The molecule has 0 saturated carbocycles. The summed E-state index contributed by atoms with van der Waals surface area (Å²) in [6.45, 7) is 1.70. The second-order valence-corrected chi connectivity index (χ2v) is 5.75. The van der Waals surface area contributed by atoms with Gasteiger partial charge in [0.25, 0.3) is 0 Å². The van der Waals surface area contributed by atoms with Crippen LogP contribution in [0.15, 0.2) is 59.6 Å². The van der Waals surface area contributed by atoms with Crippen LogP contribution in [0.4, 0.5) is 13.2 Å². The van der Waals surface area contributed by atoms with Crippen molar-refractivity contribution in [1.29, 1.82) is 0 Å². The monoisotopic (exact) mass is 303 g/mol. The van der Waals surface area contributed by atoms with Gasteiger partial charge >= 0.3 is 6.18 Å². The summed E-state index contributed by atoms with van der Waals surface area (Å²) < 4.78 is 41.3. The molecule has 1 nitrogen and oxygen atoms in total. The zero-order valence-electron chi connectivity index (χ0n) is 12.2. The van der Waals surface area contributed by atoms with Gasteiger partial charge in [0.15, 0.2) is 0 Å². The number of aliphatic imine (C=N–C) groups is 1. The molecule has 0 saturated heterocycles. The molecule has 3 rings (SSSR count). The predicted octanol–water partition coefficient (Wildman–Crippen LogP) is 4.69. The molecule has 22 heavy (non-hydrogen) atoms. The van der Waals surface area contributed by atoms with E-state index in [-0.39, 0.29) is 18.5 Å². The highest BCUT2D eigenvalue weighted by atomic mass is 19.4. The average Bonchev–Trinajstić information content (AvgIpc) is 2.95. The summed E-state index contributed by atoms with van der Waals surface area (Å²) in [6, 6.07) is 15.6. The van der Waals surface area contributed by atoms with Crippen LogP contribution in [0.25, 0.3) is 0 Å². The molecule has 2 aromatic rings. The van der Waals surface area contributed by atoms with Crippen molar-refractivity contribution in [3.8, 4) is 0 Å². The summed E-state index contributed by atoms with van der Waals surface area (Å²) in [5, 5.41) is 0. The fourth-order valence-electron chi connectivity index (χ4n) is 2.87. The van der Waals surface area contributed by atoms with E-state index in [4.69, 9.17) is 0 Å². The van der Waals surface area contributed by atoms with Gasteiger partial charge in [-0.15, -0.1) is 0 Å². The second kappa shape index (κ2) is 5.27. The first-order valence-corrected chi connectivity index (χ1v) is 7.15. The van der Waals surface area contributed by atoms with E-state index in [1.165, 1.54) is 0 Å². The highest BCUT2D eigenvalue weighted by Gasteiger charge is 2.58. The number of hydrogen-bond donors (Lipinski definition) is 0. The Morgan fingerprint density at radius 1 is 0.955 bits per heavy atom. The van der Waals surface area contributed by atoms with E-state index in [0.717, 1.165) is 11.1 Å². The number of halogens is 3. The van der Waals surface area contributed by atoms with Crippen LogP contribution in [0.5, 0.6) is 0 Å². The summed E-state index contributed by atoms with van der Waals surface area (Å²) in [6.07, 6.45) is -4.44. The SMILES string of the molecule is Cc1ccc(C2=NCC(c3ccccc3)(C(F)(F)F)C2)cc1. The van der Waals surface area contributed by atoms with E-state index in [1.807, 2.05) is 31.2 Å². The quantitative estimate of drug-likeness (QED) is 0.763. The Balaban J connectivity index is 1.98. The van der Waals surface area contributed by atoms with Gasteiger partial charge < -0.3 is 0 Å². The summed E-state index contributed by atoms with van der Waals surface area (Å²) in [7, 11) is 0. The average molecular weight is 303 g/mol. The minimum absolute atomic E-state index is 0.108. The Morgan fingerprint density at radius 3 is 2.18 bits per heavy atom. The Bertz CT molecular complexity index is 687. The highest BCUT2D eigenvalue weighted by Crippen LogP contribution is 2.47.